The Labute approximate surface area is 123 Å². The molecule has 0 fully saturated rings. The van der Waals surface area contributed by atoms with Gasteiger partial charge in [-0.05, 0) is 31.6 Å². The first-order valence-electron chi connectivity index (χ1n) is 7.67. The molecule has 4 heteroatoms. The van der Waals surface area contributed by atoms with E-state index in [1.165, 1.54) is 0 Å². The topological polar surface area (TPSA) is 37.4 Å². The molecule has 0 saturated heterocycles. The second-order valence-electron chi connectivity index (χ2n) is 5.37. The molecule has 1 aromatic rings. The van der Waals surface area contributed by atoms with E-state index in [9.17, 15) is 0 Å². The molecule has 1 rings (SSSR count). The number of pyridine rings is 1. The number of nitrogens with one attached hydrogen (secondary N) is 1. The Morgan fingerprint density at radius 2 is 2.00 bits per heavy atom. The maximum absolute atomic E-state index is 5.73. The van der Waals surface area contributed by atoms with E-state index in [-0.39, 0.29) is 0 Å². The molecule has 0 saturated carbocycles. The Bertz CT molecular complexity index is 364. The third-order valence-electron chi connectivity index (χ3n) is 3.19. The molecule has 0 aliphatic carbocycles. The van der Waals surface area contributed by atoms with Crippen LogP contribution in [0.3, 0.4) is 0 Å². The van der Waals surface area contributed by atoms with Gasteiger partial charge in [-0.2, -0.15) is 0 Å². The lowest BCUT2D eigenvalue weighted by atomic mass is 10.2. The summed E-state index contributed by atoms with van der Waals surface area (Å²) in [5.74, 6) is 1.38. The Morgan fingerprint density at radius 3 is 2.65 bits per heavy atom. The van der Waals surface area contributed by atoms with Crippen LogP contribution in [0.5, 0.6) is 5.88 Å². The maximum atomic E-state index is 5.73. The summed E-state index contributed by atoms with van der Waals surface area (Å²) < 4.78 is 5.73. The summed E-state index contributed by atoms with van der Waals surface area (Å²) in [7, 11) is 0. The van der Waals surface area contributed by atoms with E-state index in [2.05, 4.69) is 42.9 Å². The van der Waals surface area contributed by atoms with Gasteiger partial charge in [0.15, 0.2) is 0 Å². The van der Waals surface area contributed by atoms with Gasteiger partial charge in [0.25, 0.3) is 0 Å². The predicted molar refractivity (Wildman–Crippen MR) is 84.1 cm³/mol. The minimum absolute atomic E-state index is 0.656. The van der Waals surface area contributed by atoms with E-state index < -0.39 is 0 Å². The van der Waals surface area contributed by atoms with Gasteiger partial charge in [0.05, 0.1) is 5.69 Å². The highest BCUT2D eigenvalue weighted by Crippen LogP contribution is 2.07. The first kappa shape index (κ1) is 16.9. The number of hydrogen-bond acceptors (Lipinski definition) is 4. The summed E-state index contributed by atoms with van der Waals surface area (Å²) in [4.78, 5) is 6.86. The highest BCUT2D eigenvalue weighted by molar-refractivity contribution is 5.15. The molecule has 1 aromatic heterocycles. The Morgan fingerprint density at radius 1 is 1.25 bits per heavy atom. The average Bonchev–Trinajstić information content (AvgIpc) is 2.44. The van der Waals surface area contributed by atoms with Crippen LogP contribution in [-0.2, 0) is 6.54 Å². The van der Waals surface area contributed by atoms with Crippen molar-refractivity contribution in [1.29, 1.82) is 0 Å². The van der Waals surface area contributed by atoms with Crippen LogP contribution < -0.4 is 10.1 Å². The molecule has 0 radical (unpaired) electrons. The molecule has 20 heavy (non-hydrogen) atoms. The van der Waals surface area contributed by atoms with Gasteiger partial charge in [-0.3, -0.25) is 0 Å². The maximum Gasteiger partial charge on any atom is 0.213 e. The van der Waals surface area contributed by atoms with Crippen molar-refractivity contribution in [2.24, 2.45) is 5.92 Å². The summed E-state index contributed by atoms with van der Waals surface area (Å²) in [5.41, 5.74) is 1.03. The lowest BCUT2D eigenvalue weighted by Gasteiger charge is -2.17. The van der Waals surface area contributed by atoms with Crippen molar-refractivity contribution in [1.82, 2.24) is 15.2 Å². The van der Waals surface area contributed by atoms with E-state index >= 15 is 0 Å². The molecule has 0 atom stereocenters. The highest BCUT2D eigenvalue weighted by Gasteiger charge is 2.02. The zero-order chi connectivity index (χ0) is 14.8. The van der Waals surface area contributed by atoms with Crippen LogP contribution >= 0.6 is 0 Å². The molecular weight excluding hydrogens is 250 g/mol. The van der Waals surface area contributed by atoms with Crippen molar-refractivity contribution in [3.63, 3.8) is 0 Å². The van der Waals surface area contributed by atoms with E-state index in [4.69, 9.17) is 4.74 Å². The van der Waals surface area contributed by atoms with E-state index in [1.807, 2.05) is 18.2 Å². The van der Waals surface area contributed by atoms with Crippen LogP contribution in [-0.4, -0.2) is 42.7 Å². The Kier molecular flexibility index (Phi) is 8.23. The van der Waals surface area contributed by atoms with Crippen LogP contribution in [0.25, 0.3) is 0 Å². The van der Waals surface area contributed by atoms with Crippen molar-refractivity contribution in [3.8, 4) is 5.88 Å². The summed E-state index contributed by atoms with van der Waals surface area (Å²) in [6.07, 6.45) is 0. The van der Waals surface area contributed by atoms with Gasteiger partial charge in [-0.1, -0.05) is 33.8 Å². The summed E-state index contributed by atoms with van der Waals surface area (Å²) in [6.45, 7) is 14.3. The van der Waals surface area contributed by atoms with Gasteiger partial charge in [0.2, 0.25) is 5.88 Å². The number of aromatic nitrogens is 1. The zero-order valence-electron chi connectivity index (χ0n) is 13.4. The van der Waals surface area contributed by atoms with Crippen molar-refractivity contribution < 1.29 is 4.74 Å². The molecule has 0 bridgehead atoms. The fraction of sp³-hybridized carbons (Fsp3) is 0.688. The van der Waals surface area contributed by atoms with E-state index in [0.29, 0.717) is 12.5 Å². The Hall–Kier alpha value is -1.13. The molecule has 0 aromatic carbocycles. The lowest BCUT2D eigenvalue weighted by molar-refractivity contribution is 0.217. The average molecular weight is 279 g/mol. The lowest BCUT2D eigenvalue weighted by Crippen LogP contribution is -2.28. The van der Waals surface area contributed by atoms with E-state index in [1.54, 1.807) is 0 Å². The number of rotatable bonds is 10. The normalized spacial score (nSPS) is 11.3. The first-order chi connectivity index (χ1) is 9.65. The van der Waals surface area contributed by atoms with Crippen LogP contribution in [0, 0.1) is 5.92 Å². The SMILES string of the molecule is CCN(CC)CCOc1cccc(CNCC(C)C)n1. The number of nitrogens with zero attached hydrogens (tertiary/aromatic N) is 2. The number of hydrogen-bond donors (Lipinski definition) is 1. The van der Waals surface area contributed by atoms with Gasteiger partial charge in [-0.15, -0.1) is 0 Å². The molecule has 0 amide bonds. The largest absolute Gasteiger partial charge is 0.476 e. The first-order valence-corrected chi connectivity index (χ1v) is 7.67. The van der Waals surface area contributed by atoms with Crippen molar-refractivity contribution >= 4 is 0 Å². The van der Waals surface area contributed by atoms with Gasteiger partial charge < -0.3 is 15.0 Å². The predicted octanol–water partition coefficient (Wildman–Crippen LogP) is 2.55. The molecule has 0 aliphatic heterocycles. The molecule has 0 unspecified atom stereocenters. The van der Waals surface area contributed by atoms with Crippen LogP contribution in [0.4, 0.5) is 0 Å². The monoisotopic (exact) mass is 279 g/mol. The zero-order valence-corrected chi connectivity index (χ0v) is 13.4. The summed E-state index contributed by atoms with van der Waals surface area (Å²) >= 11 is 0. The molecule has 0 aliphatic rings. The molecule has 114 valence electrons. The standard InChI is InChI=1S/C16H29N3O/c1-5-19(6-2)10-11-20-16-9-7-8-15(18-16)13-17-12-14(3)4/h7-9,14,17H,5-6,10-13H2,1-4H3. The van der Waals surface area contributed by atoms with Crippen molar-refractivity contribution in [2.75, 3.05) is 32.8 Å². The fourth-order valence-electron chi connectivity index (χ4n) is 1.94. The van der Waals surface area contributed by atoms with Gasteiger partial charge >= 0.3 is 0 Å². The third kappa shape index (κ3) is 6.87. The highest BCUT2D eigenvalue weighted by atomic mass is 16.5. The molecule has 1 heterocycles. The number of likely N-dealkylation sites (N-methyl/N-ethyl adjacent to an activating group) is 1. The van der Waals surface area contributed by atoms with Gasteiger partial charge in [0, 0.05) is 19.2 Å². The smallest absolute Gasteiger partial charge is 0.213 e. The second kappa shape index (κ2) is 9.72. The fourth-order valence-corrected chi connectivity index (χ4v) is 1.94. The quantitative estimate of drug-likeness (QED) is 0.714. The van der Waals surface area contributed by atoms with Crippen LogP contribution in [0.2, 0.25) is 0 Å². The summed E-state index contributed by atoms with van der Waals surface area (Å²) in [5, 5.41) is 3.39. The van der Waals surface area contributed by atoms with Crippen LogP contribution in [0.15, 0.2) is 18.2 Å². The minimum atomic E-state index is 0.656. The summed E-state index contributed by atoms with van der Waals surface area (Å²) in [6, 6.07) is 5.96. The minimum Gasteiger partial charge on any atom is -0.476 e. The van der Waals surface area contributed by atoms with Gasteiger partial charge in [-0.25, -0.2) is 4.98 Å². The third-order valence-corrected chi connectivity index (χ3v) is 3.19. The number of ether oxygens (including phenoxy) is 1. The van der Waals surface area contributed by atoms with Crippen molar-refractivity contribution in [3.05, 3.63) is 23.9 Å². The Balaban J connectivity index is 2.35. The van der Waals surface area contributed by atoms with Crippen molar-refractivity contribution in [2.45, 2.75) is 34.2 Å². The molecular formula is C16H29N3O. The molecule has 1 N–H and O–H groups in total. The van der Waals surface area contributed by atoms with Gasteiger partial charge in [0.1, 0.15) is 6.61 Å². The van der Waals surface area contributed by atoms with Crippen LogP contribution in [0.1, 0.15) is 33.4 Å². The second-order valence-corrected chi connectivity index (χ2v) is 5.37. The molecule has 4 nitrogen and oxygen atoms in total. The molecule has 0 spiro atoms. The van der Waals surface area contributed by atoms with E-state index in [0.717, 1.165) is 44.3 Å².